The van der Waals surface area contributed by atoms with Gasteiger partial charge in [-0.1, -0.05) is 11.6 Å². The Kier molecular flexibility index (Phi) is 5.88. The first-order valence-electron chi connectivity index (χ1n) is 8.39. The zero-order valence-electron chi connectivity index (χ0n) is 14.4. The van der Waals surface area contributed by atoms with Crippen molar-refractivity contribution in [2.24, 2.45) is 0 Å². The van der Waals surface area contributed by atoms with Gasteiger partial charge in [-0.25, -0.2) is 4.39 Å². The Bertz CT molecular complexity index is 839. The van der Waals surface area contributed by atoms with Crippen molar-refractivity contribution in [3.63, 3.8) is 0 Å². The van der Waals surface area contributed by atoms with E-state index in [4.69, 9.17) is 11.6 Å². The van der Waals surface area contributed by atoms with Crippen molar-refractivity contribution in [2.75, 3.05) is 42.9 Å². The summed E-state index contributed by atoms with van der Waals surface area (Å²) in [4.78, 5) is 26.9. The number of carbonyl (C=O) groups is 1. The van der Waals surface area contributed by atoms with E-state index < -0.39 is 4.92 Å². The molecule has 0 spiro atoms. The van der Waals surface area contributed by atoms with Gasteiger partial charge in [0.2, 0.25) is 5.91 Å². The maximum Gasteiger partial charge on any atom is 0.294 e. The van der Waals surface area contributed by atoms with Crippen molar-refractivity contribution < 1.29 is 14.1 Å². The fraction of sp³-hybridized carbons (Fsp3) is 0.278. The number of benzene rings is 2. The summed E-state index contributed by atoms with van der Waals surface area (Å²) in [5.74, 6) is -0.596. The highest BCUT2D eigenvalue weighted by Crippen LogP contribution is 2.27. The molecule has 1 N–H and O–H groups in total. The third-order valence-corrected chi connectivity index (χ3v) is 4.60. The summed E-state index contributed by atoms with van der Waals surface area (Å²) in [7, 11) is 0. The number of hydrogen-bond acceptors (Lipinski definition) is 5. The first-order valence-corrected chi connectivity index (χ1v) is 8.77. The van der Waals surface area contributed by atoms with E-state index in [9.17, 15) is 19.3 Å². The van der Waals surface area contributed by atoms with E-state index in [0.717, 1.165) is 5.69 Å². The first-order chi connectivity index (χ1) is 12.9. The number of nitrogens with one attached hydrogen (secondary N) is 1. The van der Waals surface area contributed by atoms with Gasteiger partial charge in [-0.3, -0.25) is 19.8 Å². The molecule has 1 fully saturated rings. The number of nitrogens with zero attached hydrogens (tertiary/aromatic N) is 3. The third-order valence-electron chi connectivity index (χ3n) is 4.36. The molecule has 27 heavy (non-hydrogen) atoms. The molecule has 0 bridgehead atoms. The summed E-state index contributed by atoms with van der Waals surface area (Å²) in [6, 6.07) is 10.4. The lowest BCUT2D eigenvalue weighted by molar-refractivity contribution is -0.383. The predicted molar refractivity (Wildman–Crippen MR) is 102 cm³/mol. The highest BCUT2D eigenvalue weighted by Gasteiger charge is 2.21. The van der Waals surface area contributed by atoms with Crippen molar-refractivity contribution in [1.82, 2.24) is 4.90 Å². The van der Waals surface area contributed by atoms with Crippen LogP contribution in [0.5, 0.6) is 0 Å². The van der Waals surface area contributed by atoms with Gasteiger partial charge < -0.3 is 10.2 Å². The molecule has 0 aliphatic carbocycles. The van der Waals surface area contributed by atoms with Crippen LogP contribution in [0.3, 0.4) is 0 Å². The van der Waals surface area contributed by atoms with Crippen molar-refractivity contribution in [3.05, 3.63) is 63.4 Å². The summed E-state index contributed by atoms with van der Waals surface area (Å²) in [5, 5.41) is 13.9. The molecule has 7 nitrogen and oxygen atoms in total. The number of halogens is 2. The SMILES string of the molecule is O=C(CN1CCN(c2ccc(F)cc2)CC1)Nc1ccc(Cl)cc1[N+](=O)[O-]. The van der Waals surface area contributed by atoms with Crippen molar-refractivity contribution in [2.45, 2.75) is 0 Å². The minimum absolute atomic E-state index is 0.124. The van der Waals surface area contributed by atoms with Crippen LogP contribution >= 0.6 is 11.6 Å². The second-order valence-electron chi connectivity index (χ2n) is 6.21. The first kappa shape index (κ1) is 19.1. The lowest BCUT2D eigenvalue weighted by atomic mass is 10.2. The normalized spacial score (nSPS) is 14.8. The van der Waals surface area contributed by atoms with E-state index in [1.807, 2.05) is 4.90 Å². The van der Waals surface area contributed by atoms with Crippen LogP contribution in [0.15, 0.2) is 42.5 Å². The summed E-state index contributed by atoms with van der Waals surface area (Å²) < 4.78 is 13.0. The zero-order chi connectivity index (χ0) is 19.4. The molecule has 0 saturated carbocycles. The molecule has 0 unspecified atom stereocenters. The molecule has 3 rings (SSSR count). The highest BCUT2D eigenvalue weighted by molar-refractivity contribution is 6.31. The lowest BCUT2D eigenvalue weighted by Gasteiger charge is -2.35. The molecule has 1 aliphatic heterocycles. The summed E-state index contributed by atoms with van der Waals surface area (Å²) in [5.41, 5.74) is 0.827. The Morgan fingerprint density at radius 2 is 1.81 bits per heavy atom. The average Bonchev–Trinajstić information content (AvgIpc) is 2.64. The summed E-state index contributed by atoms with van der Waals surface area (Å²) >= 11 is 5.78. The topological polar surface area (TPSA) is 78.7 Å². The number of rotatable bonds is 5. The standard InChI is InChI=1S/C18H18ClFN4O3/c19-13-1-6-16(17(11-13)24(26)27)21-18(25)12-22-7-9-23(10-8-22)15-4-2-14(20)3-5-15/h1-6,11H,7-10,12H2,(H,21,25). The maximum absolute atomic E-state index is 13.0. The smallest absolute Gasteiger partial charge is 0.294 e. The molecule has 9 heteroatoms. The molecule has 1 saturated heterocycles. The second kappa shape index (κ2) is 8.32. The van der Waals surface area contributed by atoms with Crippen LogP contribution in [0.4, 0.5) is 21.5 Å². The molecule has 2 aromatic carbocycles. The Labute approximate surface area is 160 Å². The number of carbonyl (C=O) groups excluding carboxylic acids is 1. The van der Waals surface area contributed by atoms with Crippen LogP contribution in [0.25, 0.3) is 0 Å². The number of nitro groups is 1. The molecular formula is C18H18ClFN4O3. The van der Waals surface area contributed by atoms with E-state index in [2.05, 4.69) is 10.2 Å². The van der Waals surface area contributed by atoms with E-state index >= 15 is 0 Å². The molecule has 0 atom stereocenters. The Morgan fingerprint density at radius 1 is 1.15 bits per heavy atom. The summed E-state index contributed by atoms with van der Waals surface area (Å²) in [6.07, 6.45) is 0. The Morgan fingerprint density at radius 3 is 2.44 bits per heavy atom. The second-order valence-corrected chi connectivity index (χ2v) is 6.64. The van der Waals surface area contributed by atoms with E-state index in [1.54, 1.807) is 12.1 Å². The molecular weight excluding hydrogens is 375 g/mol. The van der Waals surface area contributed by atoms with Gasteiger partial charge in [-0.15, -0.1) is 0 Å². The number of anilines is 2. The fourth-order valence-electron chi connectivity index (χ4n) is 2.97. The van der Waals surface area contributed by atoms with Gasteiger partial charge in [0.25, 0.3) is 5.69 Å². The Balaban J connectivity index is 1.54. The van der Waals surface area contributed by atoms with Crippen LogP contribution in [-0.4, -0.2) is 48.5 Å². The number of hydrogen-bond donors (Lipinski definition) is 1. The molecule has 142 valence electrons. The van der Waals surface area contributed by atoms with Crippen LogP contribution < -0.4 is 10.2 Å². The van der Waals surface area contributed by atoms with Crippen LogP contribution in [0, 0.1) is 15.9 Å². The van der Waals surface area contributed by atoms with E-state index in [-0.39, 0.29) is 34.7 Å². The largest absolute Gasteiger partial charge is 0.369 e. The van der Waals surface area contributed by atoms with Gasteiger partial charge in [0.15, 0.2) is 0 Å². The maximum atomic E-state index is 13.0. The lowest BCUT2D eigenvalue weighted by Crippen LogP contribution is -2.48. The quantitative estimate of drug-likeness (QED) is 0.624. The number of piperazine rings is 1. The molecule has 2 aromatic rings. The predicted octanol–water partition coefficient (Wildman–Crippen LogP) is 3.15. The van der Waals surface area contributed by atoms with Gasteiger partial charge >= 0.3 is 0 Å². The average molecular weight is 393 g/mol. The van der Waals surface area contributed by atoms with Crippen molar-refractivity contribution in [3.8, 4) is 0 Å². The van der Waals surface area contributed by atoms with Gasteiger partial charge in [0.1, 0.15) is 11.5 Å². The van der Waals surface area contributed by atoms with Crippen LogP contribution in [-0.2, 0) is 4.79 Å². The molecule has 1 heterocycles. The molecule has 0 radical (unpaired) electrons. The third kappa shape index (κ3) is 4.93. The Hall–Kier alpha value is -2.71. The minimum Gasteiger partial charge on any atom is -0.369 e. The fourth-order valence-corrected chi connectivity index (χ4v) is 3.14. The van der Waals surface area contributed by atoms with Gasteiger partial charge in [-0.2, -0.15) is 0 Å². The van der Waals surface area contributed by atoms with Crippen LogP contribution in [0.1, 0.15) is 0 Å². The number of amides is 1. The van der Waals surface area contributed by atoms with E-state index in [0.29, 0.717) is 26.2 Å². The molecule has 1 amide bonds. The summed E-state index contributed by atoms with van der Waals surface area (Å²) in [6.45, 7) is 2.87. The number of nitro benzene ring substituents is 1. The monoisotopic (exact) mass is 392 g/mol. The van der Waals surface area contributed by atoms with Crippen molar-refractivity contribution >= 4 is 34.6 Å². The van der Waals surface area contributed by atoms with Gasteiger partial charge in [0.05, 0.1) is 11.5 Å². The van der Waals surface area contributed by atoms with E-state index in [1.165, 1.54) is 30.3 Å². The highest BCUT2D eigenvalue weighted by atomic mass is 35.5. The molecule has 0 aromatic heterocycles. The zero-order valence-corrected chi connectivity index (χ0v) is 15.2. The van der Waals surface area contributed by atoms with Crippen LogP contribution in [0.2, 0.25) is 5.02 Å². The minimum atomic E-state index is -0.580. The van der Waals surface area contributed by atoms with Gasteiger partial charge in [-0.05, 0) is 36.4 Å². The van der Waals surface area contributed by atoms with Crippen molar-refractivity contribution in [1.29, 1.82) is 0 Å². The molecule has 1 aliphatic rings. The van der Waals surface area contributed by atoms with Gasteiger partial charge in [0, 0.05) is 43.0 Å².